The van der Waals surface area contributed by atoms with Crippen molar-refractivity contribution >= 4 is 49.8 Å². The minimum Gasteiger partial charge on any atom is -0.462 e. The van der Waals surface area contributed by atoms with Crippen molar-refractivity contribution in [3.05, 3.63) is 43.6 Å². The molecule has 0 aliphatic carbocycles. The molecule has 1 amide bonds. The monoisotopic (exact) mass is 447 g/mol. The number of hydrogen-bond donors (Lipinski definition) is 1. The predicted molar refractivity (Wildman–Crippen MR) is 121 cm³/mol. The largest absolute Gasteiger partial charge is 0.462 e. The van der Waals surface area contributed by atoms with E-state index in [0.717, 1.165) is 24.1 Å². The van der Waals surface area contributed by atoms with Crippen molar-refractivity contribution in [3.8, 4) is 0 Å². The number of carbonyl (C=O) groups is 2. The van der Waals surface area contributed by atoms with E-state index in [1.54, 1.807) is 30.8 Å². The Bertz CT molecular complexity index is 1140. The first kappa shape index (κ1) is 22.2. The van der Waals surface area contributed by atoms with Crippen molar-refractivity contribution in [1.29, 1.82) is 0 Å². The highest BCUT2D eigenvalue weighted by Crippen LogP contribution is 2.31. The topological polar surface area (TPSA) is 90.3 Å². The third kappa shape index (κ3) is 4.46. The maximum atomic E-state index is 13.0. The molecule has 0 aliphatic heterocycles. The van der Waals surface area contributed by atoms with E-state index in [0.29, 0.717) is 37.8 Å². The van der Waals surface area contributed by atoms with Gasteiger partial charge in [-0.3, -0.25) is 14.2 Å². The van der Waals surface area contributed by atoms with E-state index in [1.807, 2.05) is 6.92 Å². The minimum atomic E-state index is -0.471. The second-order valence-electron chi connectivity index (χ2n) is 6.96. The maximum Gasteiger partial charge on any atom is 0.341 e. The highest BCUT2D eigenvalue weighted by atomic mass is 32.1. The van der Waals surface area contributed by atoms with Crippen molar-refractivity contribution < 1.29 is 14.3 Å². The fraction of sp³-hybridized carbons (Fsp3) is 0.429. The van der Waals surface area contributed by atoms with Gasteiger partial charge < -0.3 is 10.1 Å². The number of rotatable bonds is 8. The number of nitrogens with zero attached hydrogens (tertiary/aromatic N) is 2. The summed E-state index contributed by atoms with van der Waals surface area (Å²) >= 11 is 2.50. The van der Waals surface area contributed by atoms with Crippen LogP contribution in [0.1, 0.15) is 63.6 Å². The molecule has 3 aromatic heterocycles. The Balaban J connectivity index is 1.91. The number of hydrogen-bond acceptors (Lipinski definition) is 7. The third-order valence-electron chi connectivity index (χ3n) is 4.70. The number of anilines is 1. The number of thiophene rings is 2. The molecule has 3 heterocycles. The lowest BCUT2D eigenvalue weighted by Gasteiger charge is -2.06. The first-order valence-electron chi connectivity index (χ1n) is 9.94. The van der Waals surface area contributed by atoms with E-state index < -0.39 is 5.97 Å². The highest BCUT2D eigenvalue weighted by Gasteiger charge is 2.23. The highest BCUT2D eigenvalue weighted by molar-refractivity contribution is 7.21. The Morgan fingerprint density at radius 3 is 2.67 bits per heavy atom. The van der Waals surface area contributed by atoms with Gasteiger partial charge >= 0.3 is 5.97 Å². The Morgan fingerprint density at radius 1 is 1.20 bits per heavy atom. The summed E-state index contributed by atoms with van der Waals surface area (Å²) in [6.07, 6.45) is 4.58. The van der Waals surface area contributed by atoms with Crippen molar-refractivity contribution in [2.45, 2.75) is 53.5 Å². The standard InChI is InChI=1S/C21H25N3O4S2/c1-5-7-8-9-24-11-22-19-15(20(24)26)13(4)16(30-19)17(25)23-18-14(10-12(3)29-18)21(27)28-6-2/h10-11H,5-9H2,1-4H3,(H,23,25). The van der Waals surface area contributed by atoms with Crippen LogP contribution in [0.2, 0.25) is 0 Å². The van der Waals surface area contributed by atoms with Gasteiger partial charge in [-0.25, -0.2) is 9.78 Å². The van der Waals surface area contributed by atoms with Gasteiger partial charge in [0.2, 0.25) is 0 Å². The zero-order chi connectivity index (χ0) is 21.8. The van der Waals surface area contributed by atoms with E-state index in [4.69, 9.17) is 4.74 Å². The molecule has 3 rings (SSSR count). The van der Waals surface area contributed by atoms with Crippen LogP contribution in [-0.4, -0.2) is 28.0 Å². The fourth-order valence-corrected chi connectivity index (χ4v) is 5.12. The number of fused-ring (bicyclic) bond motifs is 1. The number of esters is 1. The number of unbranched alkanes of at least 4 members (excludes halogenated alkanes) is 2. The third-order valence-corrected chi connectivity index (χ3v) is 6.87. The first-order chi connectivity index (χ1) is 14.4. The molecule has 0 atom stereocenters. The van der Waals surface area contributed by atoms with Gasteiger partial charge in [0.1, 0.15) is 9.83 Å². The molecule has 0 radical (unpaired) electrons. The maximum absolute atomic E-state index is 13.0. The molecule has 0 saturated heterocycles. The van der Waals surface area contributed by atoms with E-state index in [9.17, 15) is 14.4 Å². The lowest BCUT2D eigenvalue weighted by atomic mass is 10.2. The van der Waals surface area contributed by atoms with Crippen LogP contribution in [0, 0.1) is 13.8 Å². The molecule has 30 heavy (non-hydrogen) atoms. The second kappa shape index (κ2) is 9.53. The zero-order valence-electron chi connectivity index (χ0n) is 17.5. The predicted octanol–water partition coefficient (Wildman–Crippen LogP) is 4.76. The van der Waals surface area contributed by atoms with Crippen LogP contribution < -0.4 is 10.9 Å². The Hall–Kier alpha value is -2.52. The summed E-state index contributed by atoms with van der Waals surface area (Å²) in [4.78, 5) is 44.3. The summed E-state index contributed by atoms with van der Waals surface area (Å²) in [5.41, 5.74) is 0.826. The number of aromatic nitrogens is 2. The van der Waals surface area contributed by atoms with Crippen LogP contribution in [0.25, 0.3) is 10.2 Å². The normalized spacial score (nSPS) is 11.1. The van der Waals surface area contributed by atoms with Crippen LogP contribution >= 0.6 is 22.7 Å². The molecule has 0 spiro atoms. The second-order valence-corrected chi connectivity index (χ2v) is 9.22. The molecule has 7 nitrogen and oxygen atoms in total. The minimum absolute atomic E-state index is 0.122. The molecule has 0 saturated carbocycles. The average Bonchev–Trinajstić information content (AvgIpc) is 3.24. The summed E-state index contributed by atoms with van der Waals surface area (Å²) in [6.45, 7) is 8.34. The smallest absolute Gasteiger partial charge is 0.341 e. The number of nitrogens with one attached hydrogen (secondary N) is 1. The quantitative estimate of drug-likeness (QED) is 0.397. The molecule has 3 aromatic rings. The summed E-state index contributed by atoms with van der Waals surface area (Å²) in [6, 6.07) is 1.70. The number of aryl methyl sites for hydroxylation is 3. The van der Waals surface area contributed by atoms with E-state index >= 15 is 0 Å². The summed E-state index contributed by atoms with van der Waals surface area (Å²) in [5, 5.41) is 3.74. The van der Waals surface area contributed by atoms with E-state index in [-0.39, 0.29) is 18.1 Å². The number of carbonyl (C=O) groups excluding carboxylic acids is 2. The molecular formula is C21H25N3O4S2. The summed E-state index contributed by atoms with van der Waals surface area (Å²) < 4.78 is 6.69. The number of amides is 1. The van der Waals surface area contributed by atoms with Gasteiger partial charge in [0.15, 0.2) is 0 Å². The molecule has 0 aromatic carbocycles. The average molecular weight is 448 g/mol. The van der Waals surface area contributed by atoms with Crippen molar-refractivity contribution in [3.63, 3.8) is 0 Å². The molecule has 0 fully saturated rings. The van der Waals surface area contributed by atoms with Gasteiger partial charge in [-0.2, -0.15) is 0 Å². The van der Waals surface area contributed by atoms with Crippen LogP contribution in [0.15, 0.2) is 17.2 Å². The molecule has 1 N–H and O–H groups in total. The van der Waals surface area contributed by atoms with Crippen molar-refractivity contribution in [2.75, 3.05) is 11.9 Å². The van der Waals surface area contributed by atoms with E-state index in [1.165, 1.54) is 22.7 Å². The zero-order valence-corrected chi connectivity index (χ0v) is 19.2. The molecule has 0 unspecified atom stereocenters. The lowest BCUT2D eigenvalue weighted by Crippen LogP contribution is -2.20. The summed E-state index contributed by atoms with van der Waals surface area (Å²) in [7, 11) is 0. The van der Waals surface area contributed by atoms with Gasteiger partial charge in [-0.15, -0.1) is 22.7 Å². The Kier molecular flexibility index (Phi) is 7.04. The first-order valence-corrected chi connectivity index (χ1v) is 11.6. The van der Waals surface area contributed by atoms with Gasteiger partial charge in [-0.1, -0.05) is 19.8 Å². The SMILES string of the molecule is CCCCCn1cnc2sc(C(=O)Nc3sc(C)cc3C(=O)OCC)c(C)c2c1=O. The fourth-order valence-electron chi connectivity index (χ4n) is 3.19. The molecule has 9 heteroatoms. The van der Waals surface area contributed by atoms with Gasteiger partial charge in [-0.05, 0) is 38.8 Å². The lowest BCUT2D eigenvalue weighted by molar-refractivity contribution is 0.0528. The van der Waals surface area contributed by atoms with Crippen molar-refractivity contribution in [1.82, 2.24) is 9.55 Å². The van der Waals surface area contributed by atoms with Crippen molar-refractivity contribution in [2.24, 2.45) is 0 Å². The van der Waals surface area contributed by atoms with Crippen LogP contribution in [0.5, 0.6) is 0 Å². The van der Waals surface area contributed by atoms with Crippen LogP contribution in [0.3, 0.4) is 0 Å². The Morgan fingerprint density at radius 2 is 1.97 bits per heavy atom. The van der Waals surface area contributed by atoms with Gasteiger partial charge in [0.25, 0.3) is 11.5 Å². The molecule has 0 aliphatic rings. The molecule has 0 bridgehead atoms. The van der Waals surface area contributed by atoms with Gasteiger partial charge in [0, 0.05) is 11.4 Å². The number of ether oxygens (including phenoxy) is 1. The van der Waals surface area contributed by atoms with Crippen LogP contribution in [-0.2, 0) is 11.3 Å². The van der Waals surface area contributed by atoms with Crippen LogP contribution in [0.4, 0.5) is 5.00 Å². The summed E-state index contributed by atoms with van der Waals surface area (Å²) in [5.74, 6) is -0.832. The molecular weight excluding hydrogens is 422 g/mol. The van der Waals surface area contributed by atoms with E-state index in [2.05, 4.69) is 17.2 Å². The van der Waals surface area contributed by atoms with Gasteiger partial charge in [0.05, 0.1) is 28.8 Å². The molecule has 160 valence electrons. The Labute approximate surface area is 182 Å².